The smallest absolute Gasteiger partial charge is 0.252 e. The number of allylic oxidation sites excluding steroid dienone is 1. The Hall–Kier alpha value is -6.30. The molecule has 0 fully saturated rings. The van der Waals surface area contributed by atoms with Gasteiger partial charge in [0.1, 0.15) is 28.9 Å². The van der Waals surface area contributed by atoms with Crippen molar-refractivity contribution in [2.45, 2.75) is 50.9 Å². The number of carbonyl (C=O) groups is 8. The Morgan fingerprint density at radius 2 is 1.46 bits per heavy atom. The number of nitrogens with one attached hydrogen (secondary N) is 4. The molecule has 0 aromatic heterocycles. The first-order valence-corrected chi connectivity index (χ1v) is 20.7. The Bertz CT molecular complexity index is 2130. The fourth-order valence-electron chi connectivity index (χ4n) is 6.96. The zero-order chi connectivity index (χ0) is 47.7. The van der Waals surface area contributed by atoms with Gasteiger partial charge in [-0.2, -0.15) is 0 Å². The number of aromatic hydroxyl groups is 2. The molecule has 2 aliphatic carbocycles. The van der Waals surface area contributed by atoms with Gasteiger partial charge in [-0.15, -0.1) is 0 Å². The Balaban J connectivity index is 1.07. The number of ether oxygens (including phenoxy) is 5. The number of methoxy groups -OCH3 is 1. The second-order valence-electron chi connectivity index (χ2n) is 14.8. The van der Waals surface area contributed by atoms with E-state index in [1.165, 1.54) is 38.3 Å². The summed E-state index contributed by atoms with van der Waals surface area (Å²) in [7, 11) is 1.29. The van der Waals surface area contributed by atoms with E-state index >= 15 is 0 Å². The number of imide groups is 1. The van der Waals surface area contributed by atoms with Crippen LogP contribution in [0.15, 0.2) is 30.4 Å². The average molecular weight is 914 g/mol. The van der Waals surface area contributed by atoms with Crippen LogP contribution in [0.4, 0.5) is 0 Å². The highest BCUT2D eigenvalue weighted by Gasteiger charge is 2.48. The van der Waals surface area contributed by atoms with Gasteiger partial charge >= 0.3 is 0 Å². The monoisotopic (exact) mass is 913 g/mol. The molecular formula is C43H55N5O17. The lowest BCUT2D eigenvalue weighted by Gasteiger charge is -2.37. The highest BCUT2D eigenvalue weighted by molar-refractivity contribution is 6.31. The van der Waals surface area contributed by atoms with Crippen molar-refractivity contribution in [2.24, 2.45) is 0 Å². The molecule has 0 bridgehead atoms. The standard InChI is InChI=1S/C43H55N5O17/c1-4-6-32(53)48(24-49)12-14-63-16-18-65-20-19-64-17-15-62-13-9-30(51)46-23-31(52)47-25(2)41(58)44-10-11-45-42(59)43(60)21-27-33(28(50)22-43)39(56)36-35(38(27)55)37(54)26-7-5-8-29(61-3)34(26)40(36)57/h4-8,24-25,28,50,55-56,60H,9-23H2,1-3H3,(H,44,58)(H,45,59)(H,46,51)(H,47,52)/b6-4-/t25?,28?,43-/m1/s1. The molecule has 0 spiro atoms. The molecular weight excluding hydrogens is 858 g/mol. The van der Waals surface area contributed by atoms with E-state index < -0.39 is 101 Å². The number of nitrogens with zero attached hydrogens (tertiary/aromatic N) is 1. The quantitative estimate of drug-likeness (QED) is 0.0196. The Kier molecular flexibility index (Phi) is 19.5. The van der Waals surface area contributed by atoms with Gasteiger partial charge in [-0.05, 0) is 26.0 Å². The molecule has 4 rings (SSSR count). The predicted octanol–water partition coefficient (Wildman–Crippen LogP) is -1.54. The van der Waals surface area contributed by atoms with E-state index in [1.807, 2.05) is 0 Å². The van der Waals surface area contributed by atoms with Crippen LogP contribution in [-0.2, 0) is 54.1 Å². The molecule has 354 valence electrons. The maximum Gasteiger partial charge on any atom is 0.252 e. The summed E-state index contributed by atoms with van der Waals surface area (Å²) in [4.78, 5) is 101. The molecule has 0 saturated carbocycles. The van der Waals surface area contributed by atoms with Gasteiger partial charge in [-0.1, -0.05) is 18.2 Å². The van der Waals surface area contributed by atoms with Crippen LogP contribution in [0.5, 0.6) is 17.2 Å². The minimum Gasteiger partial charge on any atom is -0.507 e. The lowest BCUT2D eigenvalue weighted by Crippen LogP contribution is -2.53. The van der Waals surface area contributed by atoms with E-state index in [0.717, 1.165) is 4.90 Å². The maximum absolute atomic E-state index is 13.5. The van der Waals surface area contributed by atoms with Gasteiger partial charge in [0.25, 0.3) is 11.8 Å². The van der Waals surface area contributed by atoms with Crippen LogP contribution in [0.1, 0.15) is 75.8 Å². The number of ketones is 2. The molecule has 8 N–H and O–H groups in total. The van der Waals surface area contributed by atoms with Crippen LogP contribution in [0.3, 0.4) is 0 Å². The van der Waals surface area contributed by atoms with Crippen molar-refractivity contribution in [1.82, 2.24) is 26.2 Å². The van der Waals surface area contributed by atoms with Gasteiger partial charge in [0.2, 0.25) is 29.9 Å². The van der Waals surface area contributed by atoms with Crippen molar-refractivity contribution in [3.8, 4) is 17.2 Å². The molecule has 0 aliphatic heterocycles. The molecule has 22 nitrogen and oxygen atoms in total. The number of phenolic OH excluding ortho intramolecular Hbond substituents is 2. The van der Waals surface area contributed by atoms with Crippen LogP contribution in [0.25, 0.3) is 0 Å². The van der Waals surface area contributed by atoms with Gasteiger partial charge in [-0.25, -0.2) is 0 Å². The predicted molar refractivity (Wildman–Crippen MR) is 225 cm³/mol. The maximum atomic E-state index is 13.5. The summed E-state index contributed by atoms with van der Waals surface area (Å²) in [5.41, 5.74) is -4.26. The minimum absolute atomic E-state index is 0.0376. The number of benzene rings is 2. The third-order valence-corrected chi connectivity index (χ3v) is 10.2. The largest absolute Gasteiger partial charge is 0.507 e. The van der Waals surface area contributed by atoms with Crippen molar-refractivity contribution in [2.75, 3.05) is 86.1 Å². The molecule has 2 aromatic rings. The van der Waals surface area contributed by atoms with Gasteiger partial charge < -0.3 is 65.4 Å². The number of phenols is 2. The molecule has 6 amide bonds. The molecule has 2 aliphatic rings. The first kappa shape index (κ1) is 51.3. The van der Waals surface area contributed by atoms with Crippen LogP contribution in [0, 0.1) is 0 Å². The second-order valence-corrected chi connectivity index (χ2v) is 14.8. The van der Waals surface area contributed by atoms with E-state index in [4.69, 9.17) is 23.7 Å². The lowest BCUT2D eigenvalue weighted by atomic mass is 9.72. The normalized spacial score (nSPS) is 16.7. The highest BCUT2D eigenvalue weighted by atomic mass is 16.6. The molecule has 22 heteroatoms. The second kappa shape index (κ2) is 24.7. The van der Waals surface area contributed by atoms with Crippen LogP contribution >= 0.6 is 0 Å². The van der Waals surface area contributed by atoms with Crippen molar-refractivity contribution in [3.63, 3.8) is 0 Å². The molecule has 2 unspecified atom stereocenters. The van der Waals surface area contributed by atoms with E-state index in [2.05, 4.69) is 21.3 Å². The SMILES string of the molecule is C/C=C\C(=O)N(C=O)CCOCCOCCOCCOCCC(=O)NCC(=O)NC(C)C(=O)NCCNC(=O)[C@@]1(O)Cc2c(O)c3c(c(O)c2C(O)C1)C(=O)c1c(OC)cccc1C3=O. The molecule has 0 radical (unpaired) electrons. The summed E-state index contributed by atoms with van der Waals surface area (Å²) in [5, 5.41) is 54.6. The molecule has 3 atom stereocenters. The molecule has 65 heavy (non-hydrogen) atoms. The van der Waals surface area contributed by atoms with Crippen LogP contribution in [0.2, 0.25) is 0 Å². The zero-order valence-corrected chi connectivity index (χ0v) is 36.3. The number of rotatable bonds is 26. The first-order valence-electron chi connectivity index (χ1n) is 20.7. The Morgan fingerprint density at radius 3 is 2.09 bits per heavy atom. The van der Waals surface area contributed by atoms with Gasteiger partial charge in [0.15, 0.2) is 5.78 Å². The number of aliphatic hydroxyl groups is 2. The summed E-state index contributed by atoms with van der Waals surface area (Å²) in [6.07, 6.45) is 0.188. The Morgan fingerprint density at radius 1 is 0.846 bits per heavy atom. The number of fused-ring (bicyclic) bond motifs is 3. The van der Waals surface area contributed by atoms with E-state index in [1.54, 1.807) is 13.0 Å². The van der Waals surface area contributed by atoms with Crippen molar-refractivity contribution in [1.29, 1.82) is 0 Å². The van der Waals surface area contributed by atoms with Crippen molar-refractivity contribution < 1.29 is 82.5 Å². The van der Waals surface area contributed by atoms with Crippen LogP contribution in [-0.4, -0.2) is 171 Å². The van der Waals surface area contributed by atoms with Gasteiger partial charge in [-0.3, -0.25) is 43.3 Å². The fourth-order valence-corrected chi connectivity index (χ4v) is 6.96. The van der Waals surface area contributed by atoms with E-state index in [-0.39, 0.29) is 87.1 Å². The summed E-state index contributed by atoms with van der Waals surface area (Å²) in [5.74, 6) is -6.30. The van der Waals surface area contributed by atoms with E-state index in [0.29, 0.717) is 26.2 Å². The molecule has 0 saturated heterocycles. The third-order valence-electron chi connectivity index (χ3n) is 10.2. The number of hydrogen-bond acceptors (Lipinski definition) is 17. The highest BCUT2D eigenvalue weighted by Crippen LogP contribution is 2.50. The fraction of sp³-hybridized carbons (Fsp3) is 0.488. The number of carbonyl (C=O) groups excluding carboxylic acids is 8. The summed E-state index contributed by atoms with van der Waals surface area (Å²) in [6, 6.07) is 3.23. The third kappa shape index (κ3) is 13.4. The number of amides is 6. The zero-order valence-electron chi connectivity index (χ0n) is 36.3. The van der Waals surface area contributed by atoms with Crippen molar-refractivity contribution in [3.05, 3.63) is 63.7 Å². The van der Waals surface area contributed by atoms with E-state index in [9.17, 15) is 58.8 Å². The molecule has 0 heterocycles. The average Bonchev–Trinajstić information content (AvgIpc) is 3.28. The lowest BCUT2D eigenvalue weighted by molar-refractivity contribution is -0.144. The summed E-state index contributed by atoms with van der Waals surface area (Å²) >= 11 is 0. The van der Waals surface area contributed by atoms with Gasteiger partial charge in [0.05, 0.1) is 95.8 Å². The van der Waals surface area contributed by atoms with Crippen LogP contribution < -0.4 is 26.0 Å². The molecule has 2 aromatic carbocycles. The van der Waals surface area contributed by atoms with Crippen molar-refractivity contribution >= 4 is 47.5 Å². The topological polar surface area (TPSA) is 315 Å². The summed E-state index contributed by atoms with van der Waals surface area (Å²) in [6.45, 7) is 4.28. The number of aliphatic hydroxyl groups excluding tert-OH is 1. The minimum atomic E-state index is -2.35. The summed E-state index contributed by atoms with van der Waals surface area (Å²) < 4.78 is 26.7. The number of hydrogen-bond donors (Lipinski definition) is 8. The van der Waals surface area contributed by atoms with Gasteiger partial charge in [0, 0.05) is 49.0 Å². The Labute approximate surface area is 373 Å². The first-order chi connectivity index (χ1) is 31.1.